The molecule has 1 N–H and O–H groups in total. The molecule has 1 aromatic carbocycles. The number of rotatable bonds is 6. The molecule has 0 unspecified atom stereocenters. The fourth-order valence-electron chi connectivity index (χ4n) is 2.75. The van der Waals surface area contributed by atoms with Crippen molar-refractivity contribution in [1.29, 1.82) is 0 Å². The summed E-state index contributed by atoms with van der Waals surface area (Å²) in [6.07, 6.45) is 3.82. The Morgan fingerprint density at radius 3 is 2.31 bits per heavy atom. The fraction of sp³-hybridized carbons (Fsp3) is 0.200. The van der Waals surface area contributed by atoms with Crippen LogP contribution in [0.1, 0.15) is 33.9 Å². The number of thiophene rings is 1. The van der Waals surface area contributed by atoms with E-state index < -0.39 is 0 Å². The molecule has 3 rings (SSSR count). The zero-order valence-corrected chi connectivity index (χ0v) is 15.6. The lowest BCUT2D eigenvalue weighted by atomic mass is 10.1. The lowest BCUT2D eigenvalue weighted by Crippen LogP contribution is -2.30. The van der Waals surface area contributed by atoms with E-state index in [0.717, 1.165) is 5.69 Å². The second kappa shape index (κ2) is 8.01. The van der Waals surface area contributed by atoms with Gasteiger partial charge in [0.05, 0.1) is 5.69 Å². The van der Waals surface area contributed by atoms with Gasteiger partial charge in [-0.15, -0.1) is 11.3 Å². The summed E-state index contributed by atoms with van der Waals surface area (Å²) in [6.45, 7) is 5.27. The predicted octanol–water partition coefficient (Wildman–Crippen LogP) is 4.27. The molecule has 0 aliphatic heterocycles. The summed E-state index contributed by atoms with van der Waals surface area (Å²) in [5.41, 5.74) is 2.14. The van der Waals surface area contributed by atoms with Crippen LogP contribution >= 0.6 is 11.3 Å². The summed E-state index contributed by atoms with van der Waals surface area (Å²) in [5.74, 6) is -0.160. The number of hydrogen-bond donors (Lipinski definition) is 1. The van der Waals surface area contributed by atoms with Crippen molar-refractivity contribution in [2.24, 2.45) is 0 Å². The first-order valence-corrected chi connectivity index (χ1v) is 9.43. The molecule has 2 amide bonds. The number of anilines is 1. The summed E-state index contributed by atoms with van der Waals surface area (Å²) in [7, 11) is 0. The van der Waals surface area contributed by atoms with Crippen molar-refractivity contribution >= 4 is 28.8 Å². The van der Waals surface area contributed by atoms with Crippen LogP contribution in [-0.2, 0) is 0 Å². The third-order valence-electron chi connectivity index (χ3n) is 4.17. The topological polar surface area (TPSA) is 54.3 Å². The number of carbonyl (C=O) groups excluding carboxylic acids is 2. The molecule has 0 fully saturated rings. The third kappa shape index (κ3) is 3.70. The van der Waals surface area contributed by atoms with Crippen LogP contribution in [0.5, 0.6) is 0 Å². The highest BCUT2D eigenvalue weighted by Gasteiger charge is 2.16. The van der Waals surface area contributed by atoms with Crippen LogP contribution in [0.2, 0.25) is 0 Å². The van der Waals surface area contributed by atoms with E-state index in [1.54, 1.807) is 29.2 Å². The molecule has 6 heteroatoms. The number of carbonyl (C=O) groups is 2. The SMILES string of the molecule is CCN(CC)C(=O)c1ccc(NC(=O)c2sccc2-n2cccc2)cc1. The van der Waals surface area contributed by atoms with Gasteiger partial charge in [-0.05, 0) is 61.7 Å². The van der Waals surface area contributed by atoms with E-state index in [1.807, 2.05) is 54.4 Å². The molecular weight excluding hydrogens is 346 g/mol. The van der Waals surface area contributed by atoms with Gasteiger partial charge >= 0.3 is 0 Å². The molecule has 134 valence electrons. The quantitative estimate of drug-likeness (QED) is 0.707. The van der Waals surface area contributed by atoms with E-state index in [9.17, 15) is 9.59 Å². The van der Waals surface area contributed by atoms with Gasteiger partial charge in [-0.2, -0.15) is 0 Å². The predicted molar refractivity (Wildman–Crippen MR) is 105 cm³/mol. The molecule has 0 aliphatic carbocycles. The number of amides is 2. The van der Waals surface area contributed by atoms with E-state index in [2.05, 4.69) is 5.32 Å². The summed E-state index contributed by atoms with van der Waals surface area (Å²) in [5, 5.41) is 4.80. The minimum atomic E-state index is -0.161. The van der Waals surface area contributed by atoms with Crippen LogP contribution in [0.3, 0.4) is 0 Å². The zero-order valence-electron chi connectivity index (χ0n) is 14.8. The van der Waals surface area contributed by atoms with E-state index in [0.29, 0.717) is 29.2 Å². The first-order chi connectivity index (χ1) is 12.6. The normalized spacial score (nSPS) is 10.5. The molecule has 0 bridgehead atoms. The molecule has 0 aliphatic rings. The second-order valence-corrected chi connectivity index (χ2v) is 6.65. The Labute approximate surface area is 156 Å². The van der Waals surface area contributed by atoms with Gasteiger partial charge in [0, 0.05) is 36.7 Å². The molecule has 0 atom stereocenters. The van der Waals surface area contributed by atoms with Crippen LogP contribution in [0.25, 0.3) is 5.69 Å². The average molecular weight is 367 g/mol. The van der Waals surface area contributed by atoms with E-state index in [1.165, 1.54) is 11.3 Å². The molecule has 0 spiro atoms. The first kappa shape index (κ1) is 17.9. The molecule has 3 aromatic rings. The molecular formula is C20H21N3O2S. The summed E-state index contributed by atoms with van der Waals surface area (Å²) < 4.78 is 1.91. The van der Waals surface area contributed by atoms with Crippen molar-refractivity contribution in [3.63, 3.8) is 0 Å². The highest BCUT2D eigenvalue weighted by molar-refractivity contribution is 7.12. The molecule has 2 heterocycles. The minimum absolute atomic E-state index is 0.000951. The van der Waals surface area contributed by atoms with Crippen LogP contribution in [0.15, 0.2) is 60.2 Å². The van der Waals surface area contributed by atoms with Crippen LogP contribution in [0.4, 0.5) is 5.69 Å². The molecule has 26 heavy (non-hydrogen) atoms. The van der Waals surface area contributed by atoms with Crippen molar-refractivity contribution < 1.29 is 9.59 Å². The highest BCUT2D eigenvalue weighted by Crippen LogP contribution is 2.23. The monoisotopic (exact) mass is 367 g/mol. The van der Waals surface area contributed by atoms with Gasteiger partial charge in [0.2, 0.25) is 0 Å². The third-order valence-corrected chi connectivity index (χ3v) is 5.08. The van der Waals surface area contributed by atoms with Gasteiger partial charge < -0.3 is 14.8 Å². The Kier molecular flexibility index (Phi) is 5.53. The lowest BCUT2D eigenvalue weighted by molar-refractivity contribution is 0.0773. The molecule has 0 saturated heterocycles. The maximum Gasteiger partial charge on any atom is 0.267 e. The van der Waals surface area contributed by atoms with Crippen molar-refractivity contribution in [2.75, 3.05) is 18.4 Å². The number of aromatic nitrogens is 1. The first-order valence-electron chi connectivity index (χ1n) is 8.55. The number of nitrogens with one attached hydrogen (secondary N) is 1. The van der Waals surface area contributed by atoms with Crippen molar-refractivity contribution in [3.8, 4) is 5.69 Å². The Balaban J connectivity index is 1.73. The molecule has 0 radical (unpaired) electrons. The zero-order chi connectivity index (χ0) is 18.5. The Morgan fingerprint density at radius 1 is 1.04 bits per heavy atom. The molecule has 2 aromatic heterocycles. The van der Waals surface area contributed by atoms with Crippen LogP contribution < -0.4 is 5.32 Å². The smallest absolute Gasteiger partial charge is 0.267 e. The fourth-order valence-corrected chi connectivity index (χ4v) is 3.53. The number of benzene rings is 1. The van der Waals surface area contributed by atoms with Crippen LogP contribution in [0, 0.1) is 0 Å². The van der Waals surface area contributed by atoms with Crippen molar-refractivity contribution in [3.05, 3.63) is 70.7 Å². The van der Waals surface area contributed by atoms with Gasteiger partial charge in [-0.3, -0.25) is 9.59 Å². The van der Waals surface area contributed by atoms with Gasteiger partial charge in [-0.1, -0.05) is 0 Å². The standard InChI is InChI=1S/C20H21N3O2S/c1-3-22(4-2)20(25)15-7-9-16(10-8-15)21-19(24)18-17(11-14-26-18)23-12-5-6-13-23/h5-14H,3-4H2,1-2H3,(H,21,24). The van der Waals surface area contributed by atoms with Crippen LogP contribution in [-0.4, -0.2) is 34.4 Å². The maximum absolute atomic E-state index is 12.6. The van der Waals surface area contributed by atoms with Gasteiger partial charge in [0.25, 0.3) is 11.8 Å². The van der Waals surface area contributed by atoms with Crippen molar-refractivity contribution in [2.45, 2.75) is 13.8 Å². The second-order valence-electron chi connectivity index (χ2n) is 5.73. The average Bonchev–Trinajstić information content (AvgIpc) is 3.34. The number of hydrogen-bond acceptors (Lipinski definition) is 3. The van der Waals surface area contributed by atoms with E-state index >= 15 is 0 Å². The Hall–Kier alpha value is -2.86. The summed E-state index contributed by atoms with van der Waals surface area (Å²) >= 11 is 1.40. The Bertz CT molecular complexity index is 878. The van der Waals surface area contributed by atoms with Gasteiger partial charge in [-0.25, -0.2) is 0 Å². The Morgan fingerprint density at radius 2 is 1.69 bits per heavy atom. The van der Waals surface area contributed by atoms with E-state index in [4.69, 9.17) is 0 Å². The largest absolute Gasteiger partial charge is 0.339 e. The van der Waals surface area contributed by atoms with E-state index in [-0.39, 0.29) is 11.8 Å². The lowest BCUT2D eigenvalue weighted by Gasteiger charge is -2.18. The van der Waals surface area contributed by atoms with Gasteiger partial charge in [0.15, 0.2) is 0 Å². The summed E-state index contributed by atoms with van der Waals surface area (Å²) in [4.78, 5) is 27.4. The molecule has 5 nitrogen and oxygen atoms in total. The summed E-state index contributed by atoms with van der Waals surface area (Å²) in [6, 6.07) is 12.8. The highest BCUT2D eigenvalue weighted by atomic mass is 32.1. The maximum atomic E-state index is 12.6. The van der Waals surface area contributed by atoms with Crippen molar-refractivity contribution in [1.82, 2.24) is 9.47 Å². The minimum Gasteiger partial charge on any atom is -0.339 e. The van der Waals surface area contributed by atoms with Gasteiger partial charge in [0.1, 0.15) is 4.88 Å². The number of nitrogens with zero attached hydrogens (tertiary/aromatic N) is 2. The molecule has 0 saturated carbocycles.